The van der Waals surface area contributed by atoms with Gasteiger partial charge in [0.1, 0.15) is 11.9 Å². The molecule has 0 aromatic heterocycles. The van der Waals surface area contributed by atoms with Crippen molar-refractivity contribution in [3.05, 3.63) is 23.8 Å². The molecule has 1 aliphatic heterocycles. The molecule has 0 amide bonds. The van der Waals surface area contributed by atoms with Crippen LogP contribution in [0.25, 0.3) is 0 Å². The summed E-state index contributed by atoms with van der Waals surface area (Å²) in [5.74, 6) is 0.244. The number of hydrazone groups is 1. The lowest BCUT2D eigenvalue weighted by Gasteiger charge is -2.04. The summed E-state index contributed by atoms with van der Waals surface area (Å²) in [6.07, 6.45) is 1.05. The molecule has 0 saturated heterocycles. The third-order valence-electron chi connectivity index (χ3n) is 2.62. The molecule has 1 unspecified atom stereocenters. The molecule has 0 radical (unpaired) electrons. The van der Waals surface area contributed by atoms with Crippen LogP contribution in [-0.2, 0) is 16.0 Å². The number of fused-ring (bicyclic) bond motifs is 1. The lowest BCUT2D eigenvalue weighted by atomic mass is 10.1. The zero-order valence-electron chi connectivity index (χ0n) is 10.8. The number of rotatable bonds is 4. The largest absolute Gasteiger partial charge is 0.490 e. The van der Waals surface area contributed by atoms with Gasteiger partial charge in [-0.05, 0) is 37.6 Å². The molecule has 0 aliphatic carbocycles. The average molecular weight is 283 g/mol. The first-order valence-electron chi connectivity index (χ1n) is 6.06. The molecule has 1 atom stereocenters. The van der Waals surface area contributed by atoms with Crippen molar-refractivity contribution in [3.8, 4) is 5.75 Å². The number of benzene rings is 1. The van der Waals surface area contributed by atoms with Crippen LogP contribution in [0.1, 0.15) is 19.4 Å². The number of anilines is 1. The van der Waals surface area contributed by atoms with Crippen molar-refractivity contribution in [2.75, 3.05) is 12.0 Å². The summed E-state index contributed by atoms with van der Waals surface area (Å²) < 4.78 is 10.3. The van der Waals surface area contributed by atoms with Crippen LogP contribution in [0.3, 0.4) is 0 Å². The van der Waals surface area contributed by atoms with Crippen molar-refractivity contribution in [1.82, 2.24) is 0 Å². The Balaban J connectivity index is 2.03. The van der Waals surface area contributed by atoms with Crippen LogP contribution in [-0.4, -0.2) is 23.9 Å². The molecule has 0 saturated carbocycles. The van der Waals surface area contributed by atoms with Crippen molar-refractivity contribution in [2.24, 2.45) is 5.10 Å². The first-order chi connectivity index (χ1) is 9.10. The molecular formula is C13H15ClN2O3. The van der Waals surface area contributed by atoms with E-state index in [0.717, 1.165) is 23.4 Å². The van der Waals surface area contributed by atoms with Gasteiger partial charge < -0.3 is 9.47 Å². The van der Waals surface area contributed by atoms with Gasteiger partial charge in [0, 0.05) is 6.42 Å². The molecule has 1 aliphatic rings. The van der Waals surface area contributed by atoms with E-state index in [9.17, 15) is 4.79 Å². The maximum Gasteiger partial charge on any atom is 0.370 e. The quantitative estimate of drug-likeness (QED) is 0.524. The van der Waals surface area contributed by atoms with Crippen LogP contribution < -0.4 is 10.2 Å². The highest BCUT2D eigenvalue weighted by Crippen LogP contribution is 2.30. The van der Waals surface area contributed by atoms with Gasteiger partial charge in [0.15, 0.2) is 0 Å². The van der Waals surface area contributed by atoms with Crippen molar-refractivity contribution < 1.29 is 14.3 Å². The number of nitrogens with one attached hydrogen (secondary N) is 1. The molecule has 2 rings (SSSR count). The fraction of sp³-hybridized carbons (Fsp3) is 0.385. The standard InChI is InChI=1S/C13H15ClN2O3/c1-3-18-13(17)12(14)16-15-10-4-5-11-9(7-10)6-8(2)19-11/h4-5,7-8,15H,3,6H2,1-2H3/b16-12-. The van der Waals surface area contributed by atoms with Gasteiger partial charge in [0.2, 0.25) is 5.17 Å². The Kier molecular flexibility index (Phi) is 4.27. The van der Waals surface area contributed by atoms with Crippen LogP contribution >= 0.6 is 11.6 Å². The predicted octanol–water partition coefficient (Wildman–Crippen LogP) is 2.54. The second kappa shape index (κ2) is 5.93. The van der Waals surface area contributed by atoms with Crippen molar-refractivity contribution in [1.29, 1.82) is 0 Å². The van der Waals surface area contributed by atoms with Gasteiger partial charge >= 0.3 is 5.97 Å². The van der Waals surface area contributed by atoms with Gasteiger partial charge in [-0.3, -0.25) is 5.43 Å². The lowest BCUT2D eigenvalue weighted by molar-refractivity contribution is -0.134. The topological polar surface area (TPSA) is 59.9 Å². The molecule has 0 bridgehead atoms. The number of ether oxygens (including phenoxy) is 2. The summed E-state index contributed by atoms with van der Waals surface area (Å²) in [6.45, 7) is 3.98. The fourth-order valence-electron chi connectivity index (χ4n) is 1.84. The van der Waals surface area contributed by atoms with Crippen LogP contribution in [0.15, 0.2) is 23.3 Å². The highest BCUT2D eigenvalue weighted by atomic mass is 35.5. The molecule has 102 valence electrons. The SMILES string of the molecule is CCOC(=O)/C(Cl)=N/Nc1ccc2c(c1)CC(C)O2. The van der Waals surface area contributed by atoms with Crippen molar-refractivity contribution in [3.63, 3.8) is 0 Å². The van der Waals surface area contributed by atoms with E-state index in [4.69, 9.17) is 21.1 Å². The van der Waals surface area contributed by atoms with Crippen LogP contribution in [0.2, 0.25) is 0 Å². The number of carbonyl (C=O) groups excluding carboxylic acids is 1. The maximum absolute atomic E-state index is 11.2. The average Bonchev–Trinajstić information content (AvgIpc) is 2.75. The van der Waals surface area contributed by atoms with Gasteiger partial charge in [0.25, 0.3) is 0 Å². The van der Waals surface area contributed by atoms with Gasteiger partial charge in [-0.2, -0.15) is 5.10 Å². The second-order valence-electron chi connectivity index (χ2n) is 4.19. The molecule has 1 heterocycles. The summed E-state index contributed by atoms with van der Waals surface area (Å²) in [5, 5.41) is 3.54. The molecule has 1 aromatic rings. The molecule has 1 N–H and O–H groups in total. The number of nitrogens with zero attached hydrogens (tertiary/aromatic N) is 1. The molecule has 0 spiro atoms. The van der Waals surface area contributed by atoms with Gasteiger partial charge in [-0.25, -0.2) is 4.79 Å². The number of carbonyl (C=O) groups is 1. The molecule has 0 fully saturated rings. The Morgan fingerprint density at radius 3 is 3.16 bits per heavy atom. The maximum atomic E-state index is 11.2. The fourth-order valence-corrected chi connectivity index (χ4v) is 1.94. The summed E-state index contributed by atoms with van der Waals surface area (Å²) in [5.41, 5.74) is 4.59. The number of esters is 1. The van der Waals surface area contributed by atoms with Crippen molar-refractivity contribution >= 4 is 28.4 Å². The Bertz CT molecular complexity index is 517. The van der Waals surface area contributed by atoms with E-state index in [2.05, 4.69) is 10.5 Å². The molecule has 19 heavy (non-hydrogen) atoms. The first kappa shape index (κ1) is 13.7. The normalized spacial score (nSPS) is 17.6. The summed E-state index contributed by atoms with van der Waals surface area (Å²) >= 11 is 5.69. The van der Waals surface area contributed by atoms with Gasteiger partial charge in [0.05, 0.1) is 12.3 Å². The third-order valence-corrected chi connectivity index (χ3v) is 2.86. The Labute approximate surface area is 116 Å². The molecular weight excluding hydrogens is 268 g/mol. The van der Waals surface area contributed by atoms with E-state index >= 15 is 0 Å². The number of halogens is 1. The van der Waals surface area contributed by atoms with E-state index in [1.54, 1.807) is 6.92 Å². The van der Waals surface area contributed by atoms with Crippen LogP contribution in [0, 0.1) is 0 Å². The second-order valence-corrected chi connectivity index (χ2v) is 4.55. The number of hydrogen-bond acceptors (Lipinski definition) is 5. The first-order valence-corrected chi connectivity index (χ1v) is 6.44. The highest BCUT2D eigenvalue weighted by Gasteiger charge is 2.18. The summed E-state index contributed by atoms with van der Waals surface area (Å²) in [6, 6.07) is 5.61. The highest BCUT2D eigenvalue weighted by molar-refractivity contribution is 6.82. The zero-order valence-corrected chi connectivity index (χ0v) is 11.5. The minimum absolute atomic E-state index is 0.192. The Morgan fingerprint density at radius 1 is 1.63 bits per heavy atom. The Morgan fingerprint density at radius 2 is 2.42 bits per heavy atom. The summed E-state index contributed by atoms with van der Waals surface area (Å²) in [7, 11) is 0. The van der Waals surface area contributed by atoms with Crippen LogP contribution in [0.4, 0.5) is 5.69 Å². The monoisotopic (exact) mass is 282 g/mol. The minimum atomic E-state index is -0.644. The van der Waals surface area contributed by atoms with E-state index < -0.39 is 5.97 Å². The summed E-state index contributed by atoms with van der Waals surface area (Å²) in [4.78, 5) is 11.2. The zero-order chi connectivity index (χ0) is 13.8. The minimum Gasteiger partial charge on any atom is -0.490 e. The van der Waals surface area contributed by atoms with Gasteiger partial charge in [-0.1, -0.05) is 11.6 Å². The van der Waals surface area contributed by atoms with Gasteiger partial charge in [-0.15, -0.1) is 0 Å². The molecule has 1 aromatic carbocycles. The van der Waals surface area contributed by atoms with E-state index in [0.29, 0.717) is 0 Å². The molecule has 5 nitrogen and oxygen atoms in total. The van der Waals surface area contributed by atoms with E-state index in [-0.39, 0.29) is 17.9 Å². The Hall–Kier alpha value is -1.75. The lowest BCUT2D eigenvalue weighted by Crippen LogP contribution is -2.13. The number of hydrogen-bond donors (Lipinski definition) is 1. The van der Waals surface area contributed by atoms with Crippen LogP contribution in [0.5, 0.6) is 5.75 Å². The smallest absolute Gasteiger partial charge is 0.370 e. The van der Waals surface area contributed by atoms with Crippen molar-refractivity contribution in [2.45, 2.75) is 26.4 Å². The molecule has 6 heteroatoms. The van der Waals surface area contributed by atoms with E-state index in [1.807, 2.05) is 25.1 Å². The predicted molar refractivity (Wildman–Crippen MR) is 73.8 cm³/mol. The third kappa shape index (κ3) is 3.38. The van der Waals surface area contributed by atoms with E-state index in [1.165, 1.54) is 0 Å².